The molecule has 1 aromatic carbocycles. The van der Waals surface area contributed by atoms with Crippen molar-refractivity contribution in [3.63, 3.8) is 0 Å². The highest BCUT2D eigenvalue weighted by molar-refractivity contribution is 5.22. The zero-order valence-corrected chi connectivity index (χ0v) is 11.6. The van der Waals surface area contributed by atoms with Crippen molar-refractivity contribution in [1.82, 2.24) is 4.90 Å². The maximum absolute atomic E-state index is 13.9. The second-order valence-corrected chi connectivity index (χ2v) is 5.44. The Morgan fingerprint density at radius 2 is 2.21 bits per heavy atom. The number of rotatable bonds is 5. The summed E-state index contributed by atoms with van der Waals surface area (Å²) in [7, 11) is 1.57. The molecule has 1 aliphatic heterocycles. The molecular weight excluding hydrogens is 245 g/mol. The fraction of sp³-hybridized carbons (Fsp3) is 0.600. The molecule has 1 aromatic rings. The molecule has 0 amide bonds. The van der Waals surface area contributed by atoms with Crippen molar-refractivity contribution in [1.29, 1.82) is 0 Å². The van der Waals surface area contributed by atoms with Crippen molar-refractivity contribution in [2.45, 2.75) is 25.5 Å². The summed E-state index contributed by atoms with van der Waals surface area (Å²) >= 11 is 0. The van der Waals surface area contributed by atoms with Crippen molar-refractivity contribution >= 4 is 0 Å². The molecule has 1 N–H and O–H groups in total. The highest BCUT2D eigenvalue weighted by Gasteiger charge is 2.33. The monoisotopic (exact) mass is 267 g/mol. The van der Waals surface area contributed by atoms with Crippen LogP contribution in [0.5, 0.6) is 0 Å². The molecule has 1 aliphatic rings. The molecule has 1 saturated heterocycles. The zero-order chi connectivity index (χ0) is 13.8. The van der Waals surface area contributed by atoms with Crippen LogP contribution >= 0.6 is 0 Å². The maximum Gasteiger partial charge on any atom is 0.127 e. The molecule has 19 heavy (non-hydrogen) atoms. The van der Waals surface area contributed by atoms with Gasteiger partial charge in [0.05, 0.1) is 12.7 Å². The van der Waals surface area contributed by atoms with E-state index in [1.807, 2.05) is 12.1 Å². The lowest BCUT2D eigenvalue weighted by Crippen LogP contribution is -2.35. The molecule has 0 unspecified atom stereocenters. The summed E-state index contributed by atoms with van der Waals surface area (Å²) < 4.78 is 18.9. The van der Waals surface area contributed by atoms with E-state index in [1.165, 1.54) is 6.07 Å². The van der Waals surface area contributed by atoms with Crippen LogP contribution in [-0.2, 0) is 4.74 Å². The second-order valence-electron chi connectivity index (χ2n) is 5.44. The van der Waals surface area contributed by atoms with E-state index in [0.717, 1.165) is 18.5 Å². The van der Waals surface area contributed by atoms with E-state index in [0.29, 0.717) is 19.1 Å². The van der Waals surface area contributed by atoms with Gasteiger partial charge in [0.1, 0.15) is 5.82 Å². The van der Waals surface area contributed by atoms with Gasteiger partial charge in [0.15, 0.2) is 0 Å². The van der Waals surface area contributed by atoms with Gasteiger partial charge in [0.2, 0.25) is 0 Å². The van der Waals surface area contributed by atoms with E-state index < -0.39 is 6.10 Å². The average Bonchev–Trinajstić information content (AvgIpc) is 2.71. The highest BCUT2D eigenvalue weighted by Crippen LogP contribution is 2.36. The lowest BCUT2D eigenvalue weighted by molar-refractivity contribution is 0.0338. The van der Waals surface area contributed by atoms with Gasteiger partial charge in [-0.3, -0.25) is 4.90 Å². The minimum absolute atomic E-state index is 0.0581. The largest absolute Gasteiger partial charge is 0.389 e. The molecule has 0 spiro atoms. The number of aliphatic hydroxyl groups excluding tert-OH is 1. The van der Waals surface area contributed by atoms with Crippen molar-refractivity contribution in [2.75, 3.05) is 26.8 Å². The molecule has 0 aliphatic carbocycles. The Bertz CT molecular complexity index is 413. The number of hydrogen-bond acceptors (Lipinski definition) is 3. The van der Waals surface area contributed by atoms with Crippen molar-refractivity contribution in [2.24, 2.45) is 5.92 Å². The number of methoxy groups -OCH3 is 1. The topological polar surface area (TPSA) is 32.7 Å². The molecule has 0 saturated carbocycles. The molecule has 0 aromatic heterocycles. The first-order valence-corrected chi connectivity index (χ1v) is 6.77. The van der Waals surface area contributed by atoms with Crippen LogP contribution in [-0.4, -0.2) is 42.9 Å². The predicted octanol–water partition coefficient (Wildman–Crippen LogP) is 2.22. The van der Waals surface area contributed by atoms with Gasteiger partial charge in [0, 0.05) is 31.8 Å². The van der Waals surface area contributed by atoms with Crippen LogP contribution in [0.2, 0.25) is 0 Å². The Morgan fingerprint density at radius 3 is 2.89 bits per heavy atom. The zero-order valence-electron chi connectivity index (χ0n) is 11.6. The minimum Gasteiger partial charge on any atom is -0.389 e. The minimum atomic E-state index is -0.524. The third kappa shape index (κ3) is 3.53. The van der Waals surface area contributed by atoms with Gasteiger partial charge < -0.3 is 9.84 Å². The van der Waals surface area contributed by atoms with Crippen LogP contribution < -0.4 is 0 Å². The quantitative estimate of drug-likeness (QED) is 0.888. The van der Waals surface area contributed by atoms with Crippen LogP contribution in [0.15, 0.2) is 24.3 Å². The maximum atomic E-state index is 13.9. The number of β-amino-alcohol motifs (C(OH)–C–C–N with tert-alkyl or cyclic N) is 1. The van der Waals surface area contributed by atoms with Gasteiger partial charge in [-0.25, -0.2) is 4.39 Å². The SMILES string of the molecule is COC[C@H](O)CN1C[C@@H](C)C[C@H]1c1ccccc1F. The number of hydrogen-bond donors (Lipinski definition) is 1. The van der Waals surface area contributed by atoms with Crippen LogP contribution in [0.3, 0.4) is 0 Å². The van der Waals surface area contributed by atoms with Gasteiger partial charge in [-0.2, -0.15) is 0 Å². The summed E-state index contributed by atoms with van der Waals surface area (Å²) in [5, 5.41) is 9.87. The molecule has 0 bridgehead atoms. The summed E-state index contributed by atoms with van der Waals surface area (Å²) in [6.07, 6.45) is 0.408. The molecule has 2 rings (SSSR count). The third-order valence-electron chi connectivity index (χ3n) is 3.68. The normalized spacial score (nSPS) is 25.7. The Morgan fingerprint density at radius 1 is 1.47 bits per heavy atom. The molecule has 3 nitrogen and oxygen atoms in total. The van der Waals surface area contributed by atoms with Gasteiger partial charge in [-0.15, -0.1) is 0 Å². The number of aliphatic hydroxyl groups is 1. The summed E-state index contributed by atoms with van der Waals surface area (Å²) in [5.74, 6) is 0.354. The molecule has 106 valence electrons. The molecular formula is C15H22FNO2. The van der Waals surface area contributed by atoms with Crippen LogP contribution in [0, 0.1) is 11.7 Å². The second kappa shape index (κ2) is 6.46. The number of ether oxygens (including phenoxy) is 1. The third-order valence-corrected chi connectivity index (χ3v) is 3.68. The highest BCUT2D eigenvalue weighted by atomic mass is 19.1. The van der Waals surface area contributed by atoms with Crippen molar-refractivity contribution in [3.05, 3.63) is 35.6 Å². The summed E-state index contributed by atoms with van der Waals surface area (Å²) in [5.41, 5.74) is 0.733. The number of likely N-dealkylation sites (tertiary alicyclic amines) is 1. The van der Waals surface area contributed by atoms with Gasteiger partial charge in [-0.1, -0.05) is 25.1 Å². The van der Waals surface area contributed by atoms with Crippen LogP contribution in [0.4, 0.5) is 4.39 Å². The number of benzene rings is 1. The summed E-state index contributed by atoms with van der Waals surface area (Å²) in [6.45, 7) is 3.89. The van der Waals surface area contributed by atoms with E-state index in [2.05, 4.69) is 11.8 Å². The first kappa shape index (κ1) is 14.4. The lowest BCUT2D eigenvalue weighted by Gasteiger charge is -2.27. The summed E-state index contributed by atoms with van der Waals surface area (Å²) in [4.78, 5) is 2.16. The Labute approximate surface area is 114 Å². The van der Waals surface area contributed by atoms with Crippen LogP contribution in [0.25, 0.3) is 0 Å². The van der Waals surface area contributed by atoms with Gasteiger partial charge in [-0.05, 0) is 18.4 Å². The van der Waals surface area contributed by atoms with E-state index in [4.69, 9.17) is 4.74 Å². The fourth-order valence-corrected chi connectivity index (χ4v) is 2.92. The van der Waals surface area contributed by atoms with Crippen LogP contribution in [0.1, 0.15) is 24.9 Å². The molecule has 3 atom stereocenters. The number of halogens is 1. The standard InChI is InChI=1S/C15H22FNO2/c1-11-7-15(13-5-3-4-6-14(13)16)17(8-11)9-12(18)10-19-2/h3-6,11-12,15,18H,7-10H2,1-2H3/t11-,12+,15-/m0/s1. The van der Waals surface area contributed by atoms with E-state index in [-0.39, 0.29) is 11.9 Å². The number of nitrogens with zero attached hydrogens (tertiary/aromatic N) is 1. The Hall–Kier alpha value is -0.970. The molecule has 0 radical (unpaired) electrons. The van der Waals surface area contributed by atoms with E-state index >= 15 is 0 Å². The van der Waals surface area contributed by atoms with Crippen molar-refractivity contribution in [3.8, 4) is 0 Å². The van der Waals surface area contributed by atoms with Gasteiger partial charge in [0.25, 0.3) is 0 Å². The average molecular weight is 267 g/mol. The summed E-state index contributed by atoms with van der Waals surface area (Å²) in [6, 6.07) is 6.98. The predicted molar refractivity (Wildman–Crippen MR) is 72.4 cm³/mol. The van der Waals surface area contributed by atoms with Crippen molar-refractivity contribution < 1.29 is 14.2 Å². The van der Waals surface area contributed by atoms with E-state index in [1.54, 1.807) is 13.2 Å². The Balaban J connectivity index is 2.11. The van der Waals surface area contributed by atoms with E-state index in [9.17, 15) is 9.50 Å². The Kier molecular flexibility index (Phi) is 4.91. The molecule has 1 fully saturated rings. The van der Waals surface area contributed by atoms with Gasteiger partial charge >= 0.3 is 0 Å². The fourth-order valence-electron chi connectivity index (χ4n) is 2.92. The lowest BCUT2D eigenvalue weighted by atomic mass is 10.0. The first-order valence-electron chi connectivity index (χ1n) is 6.77. The smallest absolute Gasteiger partial charge is 0.127 e. The molecule has 1 heterocycles. The first-order chi connectivity index (χ1) is 9.11. The molecule has 4 heteroatoms.